The number of amides is 1. The largest absolute Gasteiger partial charge is 0.497 e. The van der Waals surface area contributed by atoms with Crippen molar-refractivity contribution >= 4 is 11.7 Å². The first-order valence-corrected chi connectivity index (χ1v) is 8.55. The minimum absolute atomic E-state index is 0.0318. The van der Waals surface area contributed by atoms with Crippen LogP contribution < -0.4 is 10.1 Å². The van der Waals surface area contributed by atoms with E-state index < -0.39 is 0 Å². The van der Waals surface area contributed by atoms with E-state index in [1.54, 1.807) is 17.9 Å². The molecular formula is C18H23N7O2. The van der Waals surface area contributed by atoms with E-state index in [0.717, 1.165) is 17.1 Å². The van der Waals surface area contributed by atoms with Crippen LogP contribution in [0.3, 0.4) is 0 Å². The maximum Gasteiger partial charge on any atom is 0.249 e. The van der Waals surface area contributed by atoms with Crippen molar-refractivity contribution in [1.82, 2.24) is 30.0 Å². The van der Waals surface area contributed by atoms with Gasteiger partial charge in [0.25, 0.3) is 0 Å². The van der Waals surface area contributed by atoms with Crippen molar-refractivity contribution in [2.75, 3.05) is 12.4 Å². The molecule has 2 aromatic heterocycles. The average molecular weight is 369 g/mol. The van der Waals surface area contributed by atoms with Crippen LogP contribution in [0, 0.1) is 6.92 Å². The summed E-state index contributed by atoms with van der Waals surface area (Å²) >= 11 is 0. The van der Waals surface area contributed by atoms with Crippen LogP contribution in [0.1, 0.15) is 32.3 Å². The smallest absolute Gasteiger partial charge is 0.249 e. The molecule has 9 heteroatoms. The Hall–Kier alpha value is -3.23. The Morgan fingerprint density at radius 2 is 1.89 bits per heavy atom. The zero-order valence-electron chi connectivity index (χ0n) is 16.1. The summed E-state index contributed by atoms with van der Waals surface area (Å²) in [6.45, 7) is 7.81. The first kappa shape index (κ1) is 18.6. The van der Waals surface area contributed by atoms with Crippen molar-refractivity contribution in [3.05, 3.63) is 41.9 Å². The third-order valence-electron chi connectivity index (χ3n) is 3.82. The maximum absolute atomic E-state index is 12.4. The SMILES string of the molecule is COc1ccc(-n2nc(C)cc2NC(=O)Cn2nnc(C(C)(C)C)n2)cc1. The molecule has 9 nitrogen and oxygen atoms in total. The summed E-state index contributed by atoms with van der Waals surface area (Å²) in [5, 5.41) is 19.5. The van der Waals surface area contributed by atoms with Gasteiger partial charge >= 0.3 is 0 Å². The Kier molecular flexibility index (Phi) is 4.93. The normalized spacial score (nSPS) is 11.4. The van der Waals surface area contributed by atoms with Crippen molar-refractivity contribution < 1.29 is 9.53 Å². The number of rotatable bonds is 5. The predicted octanol–water partition coefficient (Wildman–Crippen LogP) is 2.11. The lowest BCUT2D eigenvalue weighted by atomic mass is 9.96. The second-order valence-corrected chi connectivity index (χ2v) is 7.22. The number of nitrogens with zero attached hydrogens (tertiary/aromatic N) is 6. The van der Waals surface area contributed by atoms with Gasteiger partial charge in [0, 0.05) is 11.5 Å². The first-order chi connectivity index (χ1) is 12.8. The Labute approximate surface area is 157 Å². The molecule has 27 heavy (non-hydrogen) atoms. The first-order valence-electron chi connectivity index (χ1n) is 8.55. The minimum atomic E-state index is -0.262. The molecule has 0 unspecified atom stereocenters. The molecule has 0 spiro atoms. The summed E-state index contributed by atoms with van der Waals surface area (Å²) in [4.78, 5) is 13.7. The van der Waals surface area contributed by atoms with Crippen molar-refractivity contribution in [3.63, 3.8) is 0 Å². The van der Waals surface area contributed by atoms with Gasteiger partial charge in [-0.25, -0.2) is 4.68 Å². The maximum atomic E-state index is 12.4. The lowest BCUT2D eigenvalue weighted by molar-refractivity contribution is -0.117. The Morgan fingerprint density at radius 3 is 2.48 bits per heavy atom. The molecule has 0 aliphatic rings. The lowest BCUT2D eigenvalue weighted by Crippen LogP contribution is -2.22. The molecule has 0 saturated carbocycles. The molecule has 0 saturated heterocycles. The van der Waals surface area contributed by atoms with Gasteiger partial charge in [0.05, 0.1) is 18.5 Å². The van der Waals surface area contributed by atoms with Crippen molar-refractivity contribution in [1.29, 1.82) is 0 Å². The molecule has 1 N–H and O–H groups in total. The molecular weight excluding hydrogens is 346 g/mol. The number of carbonyl (C=O) groups excluding carboxylic acids is 1. The van der Waals surface area contributed by atoms with E-state index in [2.05, 4.69) is 25.8 Å². The van der Waals surface area contributed by atoms with Gasteiger partial charge in [-0.3, -0.25) is 4.79 Å². The molecule has 0 radical (unpaired) electrons. The van der Waals surface area contributed by atoms with Crippen LogP contribution in [0.2, 0.25) is 0 Å². The van der Waals surface area contributed by atoms with Crippen molar-refractivity contribution in [3.8, 4) is 11.4 Å². The molecule has 0 aliphatic carbocycles. The zero-order valence-corrected chi connectivity index (χ0v) is 16.1. The van der Waals surface area contributed by atoms with Gasteiger partial charge in [-0.1, -0.05) is 20.8 Å². The molecule has 1 aromatic carbocycles. The number of benzene rings is 1. The van der Waals surface area contributed by atoms with Gasteiger partial charge < -0.3 is 10.1 Å². The van der Waals surface area contributed by atoms with E-state index in [-0.39, 0.29) is 17.9 Å². The highest BCUT2D eigenvalue weighted by Gasteiger charge is 2.20. The number of hydrogen-bond acceptors (Lipinski definition) is 6. The third-order valence-corrected chi connectivity index (χ3v) is 3.82. The molecule has 0 bridgehead atoms. The molecule has 0 aliphatic heterocycles. The highest BCUT2D eigenvalue weighted by molar-refractivity contribution is 5.89. The van der Waals surface area contributed by atoms with Gasteiger partial charge in [0.1, 0.15) is 18.1 Å². The van der Waals surface area contributed by atoms with E-state index >= 15 is 0 Å². The Balaban J connectivity index is 1.75. The summed E-state index contributed by atoms with van der Waals surface area (Å²) < 4.78 is 6.84. The van der Waals surface area contributed by atoms with Crippen LogP contribution in [-0.4, -0.2) is 43.0 Å². The summed E-state index contributed by atoms with van der Waals surface area (Å²) in [5.41, 5.74) is 1.38. The number of aryl methyl sites for hydroxylation is 1. The number of nitrogens with one attached hydrogen (secondary N) is 1. The number of methoxy groups -OCH3 is 1. The van der Waals surface area contributed by atoms with E-state index in [1.165, 1.54) is 4.80 Å². The van der Waals surface area contributed by atoms with Crippen LogP contribution >= 0.6 is 0 Å². The summed E-state index contributed by atoms with van der Waals surface area (Å²) in [7, 11) is 1.61. The van der Waals surface area contributed by atoms with Gasteiger partial charge in [0.2, 0.25) is 5.91 Å². The van der Waals surface area contributed by atoms with E-state index in [9.17, 15) is 4.79 Å². The van der Waals surface area contributed by atoms with Crippen LogP contribution in [0.15, 0.2) is 30.3 Å². The highest BCUT2D eigenvalue weighted by Crippen LogP contribution is 2.20. The fourth-order valence-corrected chi connectivity index (χ4v) is 2.43. The fraction of sp³-hybridized carbons (Fsp3) is 0.389. The van der Waals surface area contributed by atoms with Crippen LogP contribution in [-0.2, 0) is 16.8 Å². The van der Waals surface area contributed by atoms with Gasteiger partial charge in [-0.15, -0.1) is 10.2 Å². The quantitative estimate of drug-likeness (QED) is 0.739. The van der Waals surface area contributed by atoms with Crippen LogP contribution in [0.25, 0.3) is 5.69 Å². The van der Waals surface area contributed by atoms with E-state index in [1.807, 2.05) is 52.0 Å². The number of carbonyl (C=O) groups is 1. The molecule has 0 fully saturated rings. The number of anilines is 1. The molecule has 0 atom stereocenters. The predicted molar refractivity (Wildman–Crippen MR) is 100.0 cm³/mol. The topological polar surface area (TPSA) is 99.8 Å². The summed E-state index contributed by atoms with van der Waals surface area (Å²) in [6, 6.07) is 9.22. The van der Waals surface area contributed by atoms with E-state index in [0.29, 0.717) is 11.6 Å². The van der Waals surface area contributed by atoms with Crippen LogP contribution in [0.5, 0.6) is 5.75 Å². The van der Waals surface area contributed by atoms with Gasteiger partial charge in [-0.2, -0.15) is 9.90 Å². The van der Waals surface area contributed by atoms with Gasteiger partial charge in [-0.05, 0) is 36.4 Å². The Morgan fingerprint density at radius 1 is 1.19 bits per heavy atom. The lowest BCUT2D eigenvalue weighted by Gasteiger charge is -2.11. The zero-order chi connectivity index (χ0) is 19.6. The highest BCUT2D eigenvalue weighted by atomic mass is 16.5. The number of hydrogen-bond donors (Lipinski definition) is 1. The molecule has 3 rings (SSSR count). The molecule has 142 valence electrons. The third kappa shape index (κ3) is 4.30. The number of aromatic nitrogens is 6. The standard InChI is InChI=1S/C18H23N7O2/c1-12-10-15(25(21-12)13-6-8-14(27-5)9-7-13)19-16(26)11-24-22-17(20-23-24)18(2,3)4/h6-10H,11H2,1-5H3,(H,19,26). The molecule has 1 amide bonds. The monoisotopic (exact) mass is 369 g/mol. The van der Waals surface area contributed by atoms with Gasteiger partial charge in [0.15, 0.2) is 5.82 Å². The fourth-order valence-electron chi connectivity index (χ4n) is 2.43. The van der Waals surface area contributed by atoms with Crippen molar-refractivity contribution in [2.45, 2.75) is 39.7 Å². The Bertz CT molecular complexity index is 936. The second kappa shape index (κ2) is 7.18. The second-order valence-electron chi connectivity index (χ2n) is 7.22. The number of tetrazole rings is 1. The summed E-state index contributed by atoms with van der Waals surface area (Å²) in [5.74, 6) is 1.65. The molecule has 3 aromatic rings. The van der Waals surface area contributed by atoms with Crippen molar-refractivity contribution in [2.24, 2.45) is 0 Å². The van der Waals surface area contributed by atoms with E-state index in [4.69, 9.17) is 4.74 Å². The number of ether oxygens (including phenoxy) is 1. The molecule has 2 heterocycles. The van der Waals surface area contributed by atoms with Crippen LogP contribution in [0.4, 0.5) is 5.82 Å². The minimum Gasteiger partial charge on any atom is -0.497 e. The summed E-state index contributed by atoms with van der Waals surface area (Å²) in [6.07, 6.45) is 0. The average Bonchev–Trinajstić information content (AvgIpc) is 3.21.